The smallest absolute Gasteiger partial charge is 0.0955 e. The van der Waals surface area contributed by atoms with E-state index in [2.05, 4.69) is 9.88 Å². The molecule has 5 heteroatoms. The first-order valence-electron chi connectivity index (χ1n) is 7.14. The fourth-order valence-electron chi connectivity index (χ4n) is 2.39. The zero-order valence-electron chi connectivity index (χ0n) is 12.7. The minimum Gasteiger partial charge on any atom is -0.398 e. The average Bonchev–Trinajstić information content (AvgIpc) is 2.52. The molecule has 0 spiro atoms. The van der Waals surface area contributed by atoms with E-state index in [1.807, 2.05) is 24.3 Å². The number of ether oxygens (including phenoxy) is 2. The summed E-state index contributed by atoms with van der Waals surface area (Å²) in [5.74, 6) is 0. The Morgan fingerprint density at radius 3 is 2.67 bits per heavy atom. The molecule has 2 aromatic rings. The van der Waals surface area contributed by atoms with E-state index in [1.165, 1.54) is 0 Å². The van der Waals surface area contributed by atoms with E-state index >= 15 is 0 Å². The maximum absolute atomic E-state index is 6.04. The molecule has 0 aliphatic rings. The van der Waals surface area contributed by atoms with Crippen LogP contribution in [-0.2, 0) is 9.47 Å². The summed E-state index contributed by atoms with van der Waals surface area (Å²) in [5.41, 5.74) is 8.83. The van der Waals surface area contributed by atoms with E-state index in [1.54, 1.807) is 20.4 Å². The molecule has 21 heavy (non-hydrogen) atoms. The van der Waals surface area contributed by atoms with Gasteiger partial charge in [-0.2, -0.15) is 0 Å². The van der Waals surface area contributed by atoms with Crippen LogP contribution in [0.25, 0.3) is 10.9 Å². The number of hydrogen-bond acceptors (Lipinski definition) is 5. The van der Waals surface area contributed by atoms with Gasteiger partial charge in [-0.25, -0.2) is 0 Å². The highest BCUT2D eigenvalue weighted by Gasteiger charge is 2.12. The fourth-order valence-corrected chi connectivity index (χ4v) is 2.39. The second-order valence-corrected chi connectivity index (χ2v) is 4.90. The van der Waals surface area contributed by atoms with E-state index in [0.29, 0.717) is 6.61 Å². The van der Waals surface area contributed by atoms with Crippen molar-refractivity contribution >= 4 is 22.3 Å². The van der Waals surface area contributed by atoms with Gasteiger partial charge in [-0.15, -0.1) is 0 Å². The van der Waals surface area contributed by atoms with Crippen LogP contribution in [0.3, 0.4) is 0 Å². The zero-order valence-corrected chi connectivity index (χ0v) is 12.7. The first-order valence-corrected chi connectivity index (χ1v) is 7.14. The van der Waals surface area contributed by atoms with Crippen LogP contribution in [0, 0.1) is 0 Å². The van der Waals surface area contributed by atoms with Crippen molar-refractivity contribution in [3.05, 3.63) is 30.5 Å². The monoisotopic (exact) mass is 289 g/mol. The number of anilines is 2. The maximum atomic E-state index is 6.04. The van der Waals surface area contributed by atoms with Crippen molar-refractivity contribution in [3.8, 4) is 0 Å². The normalized spacial score (nSPS) is 11.0. The van der Waals surface area contributed by atoms with Crippen LogP contribution in [0.2, 0.25) is 0 Å². The van der Waals surface area contributed by atoms with Gasteiger partial charge >= 0.3 is 0 Å². The molecule has 0 atom stereocenters. The third-order valence-corrected chi connectivity index (χ3v) is 3.46. The Balaban J connectivity index is 2.32. The molecule has 5 nitrogen and oxygen atoms in total. The van der Waals surface area contributed by atoms with E-state index in [4.69, 9.17) is 15.2 Å². The van der Waals surface area contributed by atoms with Crippen LogP contribution < -0.4 is 10.6 Å². The number of nitrogen functional groups attached to an aromatic ring is 1. The summed E-state index contributed by atoms with van der Waals surface area (Å²) in [6.07, 6.45) is 2.76. The van der Waals surface area contributed by atoms with E-state index in [-0.39, 0.29) is 0 Å². The predicted molar refractivity (Wildman–Crippen MR) is 86.7 cm³/mol. The number of aromatic nitrogens is 1. The highest BCUT2D eigenvalue weighted by atomic mass is 16.5. The van der Waals surface area contributed by atoms with Crippen LogP contribution in [0.1, 0.15) is 6.42 Å². The molecule has 0 unspecified atom stereocenters. The van der Waals surface area contributed by atoms with Crippen molar-refractivity contribution < 1.29 is 9.47 Å². The van der Waals surface area contributed by atoms with Crippen molar-refractivity contribution in [2.24, 2.45) is 0 Å². The highest BCUT2D eigenvalue weighted by Crippen LogP contribution is 2.29. The number of benzene rings is 1. The Kier molecular flexibility index (Phi) is 5.78. The summed E-state index contributed by atoms with van der Waals surface area (Å²) in [6.45, 7) is 3.12. The van der Waals surface area contributed by atoms with Gasteiger partial charge in [0.05, 0.1) is 17.8 Å². The quantitative estimate of drug-likeness (QED) is 0.597. The molecule has 114 valence electrons. The lowest BCUT2D eigenvalue weighted by Gasteiger charge is -2.25. The molecule has 0 aliphatic carbocycles. The lowest BCUT2D eigenvalue weighted by molar-refractivity contribution is 0.191. The zero-order chi connectivity index (χ0) is 15.1. The van der Waals surface area contributed by atoms with Crippen LogP contribution in [0.15, 0.2) is 30.5 Å². The summed E-state index contributed by atoms with van der Waals surface area (Å²) < 4.78 is 10.4. The van der Waals surface area contributed by atoms with Crippen molar-refractivity contribution in [3.63, 3.8) is 0 Å². The van der Waals surface area contributed by atoms with Gasteiger partial charge in [-0.3, -0.25) is 4.98 Å². The molecule has 0 radical (unpaired) electrons. The van der Waals surface area contributed by atoms with Gasteiger partial charge in [0, 0.05) is 51.2 Å². The van der Waals surface area contributed by atoms with Gasteiger partial charge in [-0.1, -0.05) is 0 Å². The van der Waals surface area contributed by atoms with Crippen LogP contribution >= 0.6 is 0 Å². The van der Waals surface area contributed by atoms with Crippen molar-refractivity contribution in [1.82, 2.24) is 4.98 Å². The molecule has 1 heterocycles. The minimum absolute atomic E-state index is 0.672. The molecule has 0 fully saturated rings. The van der Waals surface area contributed by atoms with Gasteiger partial charge < -0.3 is 20.1 Å². The first-order chi connectivity index (χ1) is 10.3. The predicted octanol–water partition coefficient (Wildman–Crippen LogP) is 2.31. The molecule has 0 saturated carbocycles. The first kappa shape index (κ1) is 15.5. The Morgan fingerprint density at radius 2 is 1.90 bits per heavy atom. The largest absolute Gasteiger partial charge is 0.398 e. The average molecular weight is 289 g/mol. The minimum atomic E-state index is 0.672. The van der Waals surface area contributed by atoms with Gasteiger partial charge in [0.2, 0.25) is 0 Å². The summed E-state index contributed by atoms with van der Waals surface area (Å²) >= 11 is 0. The summed E-state index contributed by atoms with van der Waals surface area (Å²) in [6, 6.07) is 7.89. The number of rotatable bonds is 8. The molecular formula is C16H23N3O2. The SMILES string of the molecule is COCCCN(CCOC)c1ccc(N)c2cccnc12. The van der Waals surface area contributed by atoms with Gasteiger partial charge in [-0.05, 0) is 30.7 Å². The number of hydrogen-bond donors (Lipinski definition) is 1. The number of fused-ring (bicyclic) bond motifs is 1. The van der Waals surface area contributed by atoms with E-state index in [0.717, 1.165) is 48.4 Å². The molecule has 0 bridgehead atoms. The maximum Gasteiger partial charge on any atom is 0.0955 e. The summed E-state index contributed by atoms with van der Waals surface area (Å²) in [4.78, 5) is 6.78. The lowest BCUT2D eigenvalue weighted by Crippen LogP contribution is -2.29. The van der Waals surface area contributed by atoms with E-state index in [9.17, 15) is 0 Å². The summed E-state index contributed by atoms with van der Waals surface area (Å²) in [7, 11) is 3.44. The van der Waals surface area contributed by atoms with Gasteiger partial charge in [0.1, 0.15) is 0 Å². The Morgan fingerprint density at radius 1 is 1.10 bits per heavy atom. The van der Waals surface area contributed by atoms with Gasteiger partial charge in [0.25, 0.3) is 0 Å². The Labute approximate surface area is 125 Å². The summed E-state index contributed by atoms with van der Waals surface area (Å²) in [5, 5.41) is 0.990. The number of pyridine rings is 1. The van der Waals surface area contributed by atoms with Crippen molar-refractivity contribution in [2.75, 3.05) is 51.2 Å². The third kappa shape index (κ3) is 3.83. The van der Waals surface area contributed by atoms with Crippen molar-refractivity contribution in [1.29, 1.82) is 0 Å². The van der Waals surface area contributed by atoms with Crippen molar-refractivity contribution in [2.45, 2.75) is 6.42 Å². The second kappa shape index (κ2) is 7.81. The Bertz CT molecular complexity index is 574. The number of methoxy groups -OCH3 is 2. The fraction of sp³-hybridized carbons (Fsp3) is 0.438. The molecular weight excluding hydrogens is 266 g/mol. The molecule has 1 aromatic carbocycles. The molecule has 1 aromatic heterocycles. The number of nitrogens with zero attached hydrogens (tertiary/aromatic N) is 2. The molecule has 2 rings (SSSR count). The number of nitrogens with two attached hydrogens (primary N) is 1. The lowest BCUT2D eigenvalue weighted by atomic mass is 10.1. The Hall–Kier alpha value is -1.85. The van der Waals surface area contributed by atoms with E-state index < -0.39 is 0 Å². The van der Waals surface area contributed by atoms with Crippen LogP contribution in [-0.4, -0.2) is 45.5 Å². The molecule has 2 N–H and O–H groups in total. The molecule has 0 saturated heterocycles. The van der Waals surface area contributed by atoms with Gasteiger partial charge in [0.15, 0.2) is 0 Å². The van der Waals surface area contributed by atoms with Crippen LogP contribution in [0.4, 0.5) is 11.4 Å². The third-order valence-electron chi connectivity index (χ3n) is 3.46. The molecule has 0 amide bonds. The molecule has 0 aliphatic heterocycles. The topological polar surface area (TPSA) is 60.6 Å². The second-order valence-electron chi connectivity index (χ2n) is 4.90. The van der Waals surface area contributed by atoms with Crippen LogP contribution in [0.5, 0.6) is 0 Å². The standard InChI is InChI=1S/C16H23N3O2/c1-20-11-4-9-19(10-12-21-2)15-7-6-14(17)13-5-3-8-18-16(13)15/h3,5-8H,4,9-12,17H2,1-2H3. The highest BCUT2D eigenvalue weighted by molar-refractivity contribution is 5.98.